The van der Waals surface area contributed by atoms with E-state index < -0.39 is 23.4 Å². The first-order valence-electron chi connectivity index (χ1n) is 5.15. The van der Waals surface area contributed by atoms with Gasteiger partial charge in [-0.15, -0.1) is 0 Å². The normalized spacial score (nSPS) is 9.58. The maximum absolute atomic E-state index is 13.4. The Bertz CT molecular complexity index is 515. The molecular formula is C12H12FNO5. The number of benzene rings is 1. The van der Waals surface area contributed by atoms with Gasteiger partial charge in [-0.1, -0.05) is 12.7 Å². The molecule has 0 aliphatic heterocycles. The average molecular weight is 269 g/mol. The minimum absolute atomic E-state index is 0.00429. The van der Waals surface area contributed by atoms with Crippen LogP contribution in [0.2, 0.25) is 0 Å². The van der Waals surface area contributed by atoms with Crippen molar-refractivity contribution in [3.8, 4) is 5.75 Å². The molecule has 0 aliphatic rings. The van der Waals surface area contributed by atoms with E-state index in [9.17, 15) is 14.0 Å². The topological polar surface area (TPSA) is 84.9 Å². The third-order valence-electron chi connectivity index (χ3n) is 2.09. The summed E-state index contributed by atoms with van der Waals surface area (Å²) in [5.74, 6) is -2.44. The Balaban J connectivity index is 3.03. The lowest BCUT2D eigenvalue weighted by atomic mass is 10.1. The summed E-state index contributed by atoms with van der Waals surface area (Å²) in [6, 6.07) is 1.82. The molecule has 19 heavy (non-hydrogen) atoms. The zero-order valence-corrected chi connectivity index (χ0v) is 10.1. The fourth-order valence-electron chi connectivity index (χ4n) is 1.27. The van der Waals surface area contributed by atoms with E-state index in [1.807, 2.05) is 0 Å². The smallest absolute Gasteiger partial charge is 0.412 e. The molecule has 102 valence electrons. The quantitative estimate of drug-likeness (QED) is 0.801. The van der Waals surface area contributed by atoms with Gasteiger partial charge in [0.25, 0.3) is 0 Å². The number of hydrogen-bond acceptors (Lipinski definition) is 4. The third-order valence-corrected chi connectivity index (χ3v) is 2.09. The van der Waals surface area contributed by atoms with E-state index in [1.165, 1.54) is 13.2 Å². The van der Waals surface area contributed by atoms with Crippen LogP contribution in [0.25, 0.3) is 0 Å². The van der Waals surface area contributed by atoms with Crippen LogP contribution in [0, 0.1) is 5.82 Å². The second-order valence-corrected chi connectivity index (χ2v) is 3.35. The Labute approximate surface area is 108 Å². The van der Waals surface area contributed by atoms with Crippen LogP contribution in [0.1, 0.15) is 10.4 Å². The van der Waals surface area contributed by atoms with Gasteiger partial charge in [0.15, 0.2) is 0 Å². The van der Waals surface area contributed by atoms with Crippen molar-refractivity contribution in [2.24, 2.45) is 0 Å². The number of hydrogen-bond donors (Lipinski definition) is 2. The SMILES string of the molecule is C=CCOC(=O)Nc1cc(C(=O)O)c(F)cc1OC. The molecule has 0 bridgehead atoms. The number of carbonyl (C=O) groups excluding carboxylic acids is 1. The monoisotopic (exact) mass is 269 g/mol. The van der Waals surface area contributed by atoms with Gasteiger partial charge < -0.3 is 14.6 Å². The highest BCUT2D eigenvalue weighted by Crippen LogP contribution is 2.28. The molecule has 6 nitrogen and oxygen atoms in total. The molecule has 0 heterocycles. The molecule has 1 rings (SSSR count). The zero-order chi connectivity index (χ0) is 14.4. The van der Waals surface area contributed by atoms with Crippen LogP contribution in [0.5, 0.6) is 5.75 Å². The van der Waals surface area contributed by atoms with Gasteiger partial charge in [0.1, 0.15) is 18.2 Å². The standard InChI is InChI=1S/C12H12FNO5/c1-3-4-19-12(17)14-9-5-7(11(15)16)8(13)6-10(9)18-2/h3,5-6H,1,4H2,2H3,(H,14,17)(H,15,16). The number of nitrogens with one attached hydrogen (secondary N) is 1. The molecule has 1 aromatic carbocycles. The van der Waals surface area contributed by atoms with Gasteiger partial charge in [-0.2, -0.15) is 0 Å². The third kappa shape index (κ3) is 3.70. The number of carbonyl (C=O) groups is 2. The fourth-order valence-corrected chi connectivity index (χ4v) is 1.27. The highest BCUT2D eigenvalue weighted by Gasteiger charge is 2.17. The minimum Gasteiger partial charge on any atom is -0.494 e. The molecule has 0 atom stereocenters. The first-order valence-corrected chi connectivity index (χ1v) is 5.15. The van der Waals surface area contributed by atoms with Crippen LogP contribution >= 0.6 is 0 Å². The van der Waals surface area contributed by atoms with E-state index in [1.54, 1.807) is 0 Å². The lowest BCUT2D eigenvalue weighted by molar-refractivity contribution is 0.0691. The van der Waals surface area contributed by atoms with Crippen LogP contribution in [-0.2, 0) is 4.74 Å². The molecule has 0 radical (unpaired) electrons. The van der Waals surface area contributed by atoms with Crippen LogP contribution < -0.4 is 10.1 Å². The number of anilines is 1. The van der Waals surface area contributed by atoms with Crippen LogP contribution in [-0.4, -0.2) is 30.9 Å². The van der Waals surface area contributed by atoms with Crippen LogP contribution in [0.4, 0.5) is 14.9 Å². The highest BCUT2D eigenvalue weighted by molar-refractivity contribution is 5.93. The summed E-state index contributed by atoms with van der Waals surface area (Å²) in [4.78, 5) is 22.1. The number of rotatable bonds is 5. The van der Waals surface area contributed by atoms with Crippen molar-refractivity contribution >= 4 is 17.7 Å². The molecule has 2 N–H and O–H groups in total. The summed E-state index contributed by atoms with van der Waals surface area (Å²) in [6.07, 6.45) is 0.533. The van der Waals surface area contributed by atoms with E-state index in [-0.39, 0.29) is 18.0 Å². The summed E-state index contributed by atoms with van der Waals surface area (Å²) in [5.41, 5.74) is -0.588. The molecule has 1 amide bonds. The van der Waals surface area contributed by atoms with Crippen molar-refractivity contribution in [1.29, 1.82) is 0 Å². The van der Waals surface area contributed by atoms with E-state index in [0.29, 0.717) is 0 Å². The molecule has 7 heteroatoms. The number of halogens is 1. The second kappa shape index (κ2) is 6.39. The van der Waals surface area contributed by atoms with Crippen LogP contribution in [0.15, 0.2) is 24.8 Å². The Hall–Kier alpha value is -2.57. The van der Waals surface area contributed by atoms with E-state index in [4.69, 9.17) is 9.84 Å². The number of ether oxygens (including phenoxy) is 2. The van der Waals surface area contributed by atoms with E-state index in [0.717, 1.165) is 12.1 Å². The summed E-state index contributed by atoms with van der Waals surface area (Å²) < 4.78 is 22.9. The van der Waals surface area contributed by atoms with Gasteiger partial charge in [-0.05, 0) is 6.07 Å². The Morgan fingerprint density at radius 2 is 2.21 bits per heavy atom. The number of carboxylic acid groups (broad SMARTS) is 1. The summed E-state index contributed by atoms with van der Waals surface area (Å²) >= 11 is 0. The van der Waals surface area contributed by atoms with Gasteiger partial charge in [-0.3, -0.25) is 5.32 Å². The maximum atomic E-state index is 13.4. The molecule has 0 aromatic heterocycles. The van der Waals surface area contributed by atoms with Gasteiger partial charge in [-0.25, -0.2) is 14.0 Å². The average Bonchev–Trinajstić information content (AvgIpc) is 2.37. The first-order chi connectivity index (χ1) is 8.99. The number of methoxy groups -OCH3 is 1. The molecule has 0 unspecified atom stereocenters. The van der Waals surface area contributed by atoms with E-state index >= 15 is 0 Å². The molecule has 0 fully saturated rings. The van der Waals surface area contributed by atoms with Crippen molar-refractivity contribution in [3.63, 3.8) is 0 Å². The van der Waals surface area contributed by atoms with Crippen molar-refractivity contribution in [2.45, 2.75) is 0 Å². The molecule has 0 aliphatic carbocycles. The van der Waals surface area contributed by atoms with Gasteiger partial charge in [0, 0.05) is 6.07 Å². The first kappa shape index (κ1) is 14.5. The Morgan fingerprint density at radius 1 is 1.53 bits per heavy atom. The van der Waals surface area contributed by atoms with Crippen molar-refractivity contribution in [3.05, 3.63) is 36.2 Å². The van der Waals surface area contributed by atoms with Crippen molar-refractivity contribution in [2.75, 3.05) is 19.0 Å². The molecular weight excluding hydrogens is 257 g/mol. The number of aromatic carboxylic acids is 1. The molecule has 0 spiro atoms. The van der Waals surface area contributed by atoms with Gasteiger partial charge in [0.05, 0.1) is 18.4 Å². The van der Waals surface area contributed by atoms with Crippen molar-refractivity contribution < 1.29 is 28.6 Å². The van der Waals surface area contributed by atoms with Gasteiger partial charge >= 0.3 is 12.1 Å². The lowest BCUT2D eigenvalue weighted by Gasteiger charge is -2.11. The molecule has 0 saturated heterocycles. The largest absolute Gasteiger partial charge is 0.494 e. The fraction of sp³-hybridized carbons (Fsp3) is 0.167. The van der Waals surface area contributed by atoms with E-state index in [2.05, 4.69) is 16.6 Å². The zero-order valence-electron chi connectivity index (χ0n) is 10.1. The van der Waals surface area contributed by atoms with Crippen LogP contribution in [0.3, 0.4) is 0 Å². The maximum Gasteiger partial charge on any atom is 0.412 e. The molecule has 0 saturated carbocycles. The Morgan fingerprint density at radius 3 is 2.74 bits per heavy atom. The number of carboxylic acids is 1. The molecule has 1 aromatic rings. The predicted molar refractivity (Wildman–Crippen MR) is 65.1 cm³/mol. The highest BCUT2D eigenvalue weighted by atomic mass is 19.1. The summed E-state index contributed by atoms with van der Waals surface area (Å²) in [5, 5.41) is 11.0. The second-order valence-electron chi connectivity index (χ2n) is 3.35. The number of amides is 1. The van der Waals surface area contributed by atoms with Crippen molar-refractivity contribution in [1.82, 2.24) is 0 Å². The minimum atomic E-state index is -1.46. The summed E-state index contributed by atoms with van der Waals surface area (Å²) in [6.45, 7) is 3.35. The predicted octanol–water partition coefficient (Wildman–Crippen LogP) is 2.27. The van der Waals surface area contributed by atoms with Gasteiger partial charge in [0.2, 0.25) is 0 Å². The Kier molecular flexibility index (Phi) is 4.87. The lowest BCUT2D eigenvalue weighted by Crippen LogP contribution is -2.15. The summed E-state index contributed by atoms with van der Waals surface area (Å²) in [7, 11) is 1.26.